The molecule has 540 valence electrons. The topological polar surface area (TPSA) is 270 Å². The van der Waals surface area contributed by atoms with Crippen molar-refractivity contribution in [1.82, 2.24) is 60.0 Å². The van der Waals surface area contributed by atoms with Gasteiger partial charge in [0.05, 0.1) is 36.6 Å². The molecule has 3 heterocycles. The van der Waals surface area contributed by atoms with Gasteiger partial charge in [0, 0.05) is 69.0 Å². The summed E-state index contributed by atoms with van der Waals surface area (Å²) in [5.74, 6) is -9.05. The number of halogens is 4. The lowest BCUT2D eigenvalue weighted by atomic mass is 9.81. The van der Waals surface area contributed by atoms with Crippen molar-refractivity contribution in [2.45, 2.75) is 217 Å². The number of nitrogens with zero attached hydrogens (tertiary/aromatic N) is 9. The quantitative estimate of drug-likeness (QED) is 0.284. The van der Waals surface area contributed by atoms with Crippen LogP contribution in [-0.2, 0) is 70.1 Å². The first kappa shape index (κ1) is 77.3. The van der Waals surface area contributed by atoms with Gasteiger partial charge in [-0.25, -0.2) is 0 Å². The highest BCUT2D eigenvalue weighted by atomic mass is 35.5. The molecule has 6 aliphatic rings. The number of aryl methyl sites for hydroxylation is 1. The number of fused-ring (bicyclic) bond motifs is 1. The molecule has 1 aromatic rings. The van der Waals surface area contributed by atoms with Crippen LogP contribution in [0.25, 0.3) is 0 Å². The largest absolute Gasteiger partial charge is 0.417 e. The molecule has 3 saturated heterocycles. The zero-order valence-corrected chi connectivity index (χ0v) is 59.4. The number of alkyl halides is 3. The molecule has 97 heavy (non-hydrogen) atoms. The molecule has 8 atom stereocenters. The molecule has 7 rings (SSSR count). The van der Waals surface area contributed by atoms with Crippen LogP contribution in [0.15, 0.2) is 18.2 Å². The Labute approximate surface area is 574 Å². The molecule has 12 amide bonds. The number of rotatable bonds is 10. The molecular weight excluding hydrogens is 1280 g/mol. The molecule has 1 spiro atoms. The first-order valence-corrected chi connectivity index (χ1v) is 35.2. The van der Waals surface area contributed by atoms with Crippen molar-refractivity contribution in [1.29, 1.82) is 0 Å². The molecule has 3 saturated carbocycles. The van der Waals surface area contributed by atoms with Gasteiger partial charge >= 0.3 is 6.18 Å². The average molecular weight is 1390 g/mol. The summed E-state index contributed by atoms with van der Waals surface area (Å²) < 4.78 is 41.4. The van der Waals surface area contributed by atoms with Crippen LogP contribution in [0.3, 0.4) is 0 Å². The molecule has 3 aliphatic carbocycles. The van der Waals surface area contributed by atoms with E-state index in [1.54, 1.807) is 11.8 Å². The van der Waals surface area contributed by atoms with Crippen LogP contribution in [0.4, 0.5) is 13.2 Å². The fourth-order valence-corrected chi connectivity index (χ4v) is 15.0. The maximum absolute atomic E-state index is 15.8. The molecule has 3 aliphatic heterocycles. The first-order chi connectivity index (χ1) is 45.7. The average Bonchev–Trinajstić information content (AvgIpc) is 1.75. The Balaban J connectivity index is 1.27. The Morgan fingerprint density at radius 1 is 0.619 bits per heavy atom. The predicted octanol–water partition coefficient (Wildman–Crippen LogP) is 4.86. The molecule has 6 fully saturated rings. The van der Waals surface area contributed by atoms with E-state index in [0.717, 1.165) is 52.5 Å². The van der Waals surface area contributed by atoms with Crippen LogP contribution in [-0.4, -0.2) is 251 Å². The van der Waals surface area contributed by atoms with E-state index in [1.165, 1.54) is 79.9 Å². The third-order valence-corrected chi connectivity index (χ3v) is 21.4. The summed E-state index contributed by atoms with van der Waals surface area (Å²) in [4.78, 5) is 189. The molecule has 0 radical (unpaired) electrons. The van der Waals surface area contributed by atoms with Crippen molar-refractivity contribution < 1.29 is 70.7 Å². The second-order valence-electron chi connectivity index (χ2n) is 28.7. The van der Waals surface area contributed by atoms with Gasteiger partial charge in [0.25, 0.3) is 0 Å². The highest BCUT2D eigenvalue weighted by Gasteiger charge is 2.52. The number of amides is 12. The number of hydrogen-bond donors (Lipinski definition) is 3. The normalized spacial score (nSPS) is 27.0. The Morgan fingerprint density at radius 3 is 1.81 bits per heavy atom. The lowest BCUT2D eigenvalue weighted by Gasteiger charge is -2.43. The number of carbonyl (C=O) groups excluding carboxylic acids is 12. The molecule has 1 aromatic carbocycles. The smallest absolute Gasteiger partial charge is 0.343 e. The predicted molar refractivity (Wildman–Crippen MR) is 355 cm³/mol. The third kappa shape index (κ3) is 19.0. The van der Waals surface area contributed by atoms with Gasteiger partial charge in [-0.3, -0.25) is 57.5 Å². The van der Waals surface area contributed by atoms with Crippen molar-refractivity contribution in [2.75, 3.05) is 88.6 Å². The number of hydrogen-bond acceptors (Lipinski definition) is 12. The second-order valence-corrected chi connectivity index (χ2v) is 29.1. The van der Waals surface area contributed by atoms with Crippen LogP contribution >= 0.6 is 11.6 Å². The Bertz CT molecular complexity index is 3060. The lowest BCUT2D eigenvalue weighted by Crippen LogP contribution is -2.65. The molecule has 0 unspecified atom stereocenters. The van der Waals surface area contributed by atoms with E-state index in [4.69, 9.17) is 11.6 Å². The maximum atomic E-state index is 15.8. The van der Waals surface area contributed by atoms with Crippen LogP contribution in [0, 0.1) is 23.7 Å². The van der Waals surface area contributed by atoms with E-state index in [1.807, 2.05) is 20.8 Å². The van der Waals surface area contributed by atoms with Crippen LogP contribution < -0.4 is 16.0 Å². The van der Waals surface area contributed by atoms with Gasteiger partial charge in [-0.05, 0) is 131 Å². The van der Waals surface area contributed by atoms with E-state index in [9.17, 15) is 41.9 Å². The van der Waals surface area contributed by atoms with Crippen molar-refractivity contribution in [3.05, 3.63) is 34.3 Å². The van der Waals surface area contributed by atoms with Crippen molar-refractivity contribution in [3.63, 3.8) is 0 Å². The van der Waals surface area contributed by atoms with Crippen molar-refractivity contribution in [3.8, 4) is 0 Å². The van der Waals surface area contributed by atoms with Crippen molar-refractivity contribution in [2.24, 2.45) is 23.7 Å². The fraction of sp³-hybridized carbons (Fsp3) is 0.739. The Kier molecular flexibility index (Phi) is 26.8. The molecule has 24 nitrogen and oxygen atoms in total. The molecule has 0 aromatic heterocycles. The number of piperidine rings is 1. The zero-order chi connectivity index (χ0) is 71.5. The number of carbonyl (C=O) groups is 12. The minimum atomic E-state index is -4.75. The minimum absolute atomic E-state index is 0.0398. The minimum Gasteiger partial charge on any atom is -0.343 e. The number of benzene rings is 1. The van der Waals surface area contributed by atoms with Gasteiger partial charge < -0.3 is 60.0 Å². The fourth-order valence-electron chi connectivity index (χ4n) is 14.7. The third-order valence-electron chi connectivity index (χ3n) is 21.1. The molecule has 28 heteroatoms. The van der Waals surface area contributed by atoms with E-state index in [0.29, 0.717) is 82.9 Å². The van der Waals surface area contributed by atoms with Crippen LogP contribution in [0.2, 0.25) is 5.02 Å². The second kappa shape index (κ2) is 33.7. The van der Waals surface area contributed by atoms with Gasteiger partial charge in [-0.15, -0.1) is 0 Å². The summed E-state index contributed by atoms with van der Waals surface area (Å²) >= 11 is 6.13. The number of nitrogens with one attached hydrogen (secondary N) is 3. The van der Waals surface area contributed by atoms with E-state index in [2.05, 4.69) is 16.0 Å². The summed E-state index contributed by atoms with van der Waals surface area (Å²) in [6, 6.07) is -5.47. The van der Waals surface area contributed by atoms with Gasteiger partial charge in [0.15, 0.2) is 0 Å². The van der Waals surface area contributed by atoms with E-state index in [-0.39, 0.29) is 56.9 Å². The molecular formula is C69H104ClF3N12O12. The molecule has 0 bridgehead atoms. The van der Waals surface area contributed by atoms with Crippen LogP contribution in [0.5, 0.6) is 0 Å². The van der Waals surface area contributed by atoms with E-state index >= 15 is 28.8 Å². The Hall–Kier alpha value is -7.06. The first-order valence-electron chi connectivity index (χ1n) is 34.9. The standard InChI is InChI=1S/C69H104ClF3N12O12/c1-12-43(4)57-64(94)79(7)40-55(88)77(5)41-56(89)82(10)58(46-27-28-46)65(95)78(6)39-53(86)74-49(30-26-44-25-29-47(48(70)37-44)69(71,72)73)62(92)85-35-21-24-50(85)61(91)76-68(31-17-18-32-68)67(97)83(11)59(45-22-15-13-16-23-45)66(96)81(9)52(63(93)84-33-19-14-20-34-84)38-54(87)80(8)51(36-42(2)3)60(90)75-57/h25,29,37,42-43,45-46,49-52,57-59H,12-24,26-28,30-36,38-41H2,1-11H3,(H,74,86)(H,75,90)(H,76,91)/t43-,49-,50-,51-,52-,57-,58-,59-/m0/s1. The lowest BCUT2D eigenvalue weighted by molar-refractivity contribution is -0.157. The SMILES string of the molecule is CC[C@H](C)[C@@H]1NC(=O)[C@H](CC(C)C)N(C)C(=O)C[C@@H](C(=O)N2CCCCC2)N(C)C(=O)[C@H](C2CCCCC2)N(C)C(=O)C2(CCCC2)NC(=O)[C@@H]2CCCN2C(=O)[C@H](CCc2ccc(C(F)(F)F)c(Cl)c2)NC(=O)CN(C)C(=O)[C@H](C2CC2)N(C)C(=O)CN(C)C(=O)CN(C)C1=O. The summed E-state index contributed by atoms with van der Waals surface area (Å²) in [6.07, 6.45) is 3.69. The Morgan fingerprint density at radius 2 is 1.22 bits per heavy atom. The van der Waals surface area contributed by atoms with Gasteiger partial charge in [-0.2, -0.15) is 13.2 Å². The summed E-state index contributed by atoms with van der Waals surface area (Å²) in [6.45, 7) is 6.45. The van der Waals surface area contributed by atoms with Gasteiger partial charge in [0.2, 0.25) is 70.9 Å². The monoisotopic (exact) mass is 1380 g/mol. The van der Waals surface area contributed by atoms with Gasteiger partial charge in [0.1, 0.15) is 47.8 Å². The van der Waals surface area contributed by atoms with Gasteiger partial charge in [-0.1, -0.05) is 83.9 Å². The maximum Gasteiger partial charge on any atom is 0.417 e. The number of likely N-dealkylation sites (tertiary alicyclic amines) is 1. The molecule has 3 N–H and O–H groups in total. The number of likely N-dealkylation sites (N-methyl/N-ethyl adjacent to an activating group) is 7. The van der Waals surface area contributed by atoms with Crippen molar-refractivity contribution >= 4 is 82.5 Å². The summed E-state index contributed by atoms with van der Waals surface area (Å²) in [5, 5.41) is 8.13. The summed E-state index contributed by atoms with van der Waals surface area (Å²) in [5.41, 5.74) is -2.34. The zero-order valence-electron chi connectivity index (χ0n) is 58.6. The highest BCUT2D eigenvalue weighted by Crippen LogP contribution is 2.39. The highest BCUT2D eigenvalue weighted by molar-refractivity contribution is 6.31. The van der Waals surface area contributed by atoms with E-state index < -0.39 is 173 Å². The summed E-state index contributed by atoms with van der Waals surface area (Å²) in [7, 11) is 9.93. The van der Waals surface area contributed by atoms with Crippen LogP contribution in [0.1, 0.15) is 167 Å².